The maximum atomic E-state index is 11.4. The molecule has 2 atom stereocenters. The highest BCUT2D eigenvalue weighted by molar-refractivity contribution is 5.69. The number of carbonyl (C=O) groups is 1. The summed E-state index contributed by atoms with van der Waals surface area (Å²) in [6, 6.07) is 1.05. The second kappa shape index (κ2) is 6.53. The normalized spacial score (nSPS) is 29.9. The molecule has 1 saturated heterocycles. The molecule has 4 heteroatoms. The smallest absolute Gasteiger partial charge is 0.305 e. The Morgan fingerprint density at radius 1 is 1.39 bits per heavy atom. The van der Waals surface area contributed by atoms with Crippen LogP contribution in [0.4, 0.5) is 0 Å². The van der Waals surface area contributed by atoms with Crippen LogP contribution in [-0.4, -0.2) is 42.6 Å². The van der Waals surface area contributed by atoms with Gasteiger partial charge in [-0.1, -0.05) is 6.42 Å². The summed E-state index contributed by atoms with van der Waals surface area (Å²) in [6.45, 7) is 4.50. The number of likely N-dealkylation sites (tertiary alicyclic amines) is 1. The van der Waals surface area contributed by atoms with Crippen molar-refractivity contribution in [2.45, 2.75) is 57.5 Å². The number of hydrogen-bond acceptors (Lipinski definition) is 4. The fourth-order valence-corrected chi connectivity index (χ4v) is 3.10. The van der Waals surface area contributed by atoms with Crippen molar-refractivity contribution in [1.82, 2.24) is 4.90 Å². The third kappa shape index (κ3) is 3.69. The number of ether oxygens (including phenoxy) is 1. The van der Waals surface area contributed by atoms with E-state index in [2.05, 4.69) is 4.90 Å². The lowest BCUT2D eigenvalue weighted by Crippen LogP contribution is -2.53. The van der Waals surface area contributed by atoms with Gasteiger partial charge in [-0.25, -0.2) is 0 Å². The van der Waals surface area contributed by atoms with E-state index in [0.29, 0.717) is 18.9 Å². The number of esters is 1. The van der Waals surface area contributed by atoms with Gasteiger partial charge in [0.05, 0.1) is 6.61 Å². The fraction of sp³-hybridized carbons (Fsp3) is 0.929. The van der Waals surface area contributed by atoms with Crippen molar-refractivity contribution >= 4 is 5.97 Å². The minimum atomic E-state index is -0.0631. The molecule has 0 spiro atoms. The molecule has 0 aromatic rings. The summed E-state index contributed by atoms with van der Waals surface area (Å²) < 4.78 is 4.98. The highest BCUT2D eigenvalue weighted by atomic mass is 16.5. The highest BCUT2D eigenvalue weighted by Gasteiger charge is 2.32. The molecule has 2 unspecified atom stereocenters. The van der Waals surface area contributed by atoms with E-state index in [0.717, 1.165) is 32.0 Å². The molecule has 1 aliphatic heterocycles. The first-order valence-corrected chi connectivity index (χ1v) is 7.34. The standard InChI is InChI=1S/C14H26N2O2/c1-2-18-14(17)7-6-11-8-12(15)10-16(9-11)13-4-3-5-13/h11-13H,2-10,15H2,1H3. The Morgan fingerprint density at radius 2 is 2.17 bits per heavy atom. The van der Waals surface area contributed by atoms with E-state index < -0.39 is 0 Å². The molecule has 0 aromatic heterocycles. The quantitative estimate of drug-likeness (QED) is 0.756. The zero-order valence-electron chi connectivity index (χ0n) is 11.4. The largest absolute Gasteiger partial charge is 0.466 e. The van der Waals surface area contributed by atoms with Crippen LogP contribution in [-0.2, 0) is 9.53 Å². The third-order valence-electron chi connectivity index (χ3n) is 4.25. The minimum absolute atomic E-state index is 0.0631. The van der Waals surface area contributed by atoms with Crippen molar-refractivity contribution in [2.75, 3.05) is 19.7 Å². The third-order valence-corrected chi connectivity index (χ3v) is 4.25. The van der Waals surface area contributed by atoms with E-state index in [-0.39, 0.29) is 12.0 Å². The lowest BCUT2D eigenvalue weighted by molar-refractivity contribution is -0.143. The van der Waals surface area contributed by atoms with E-state index in [4.69, 9.17) is 10.5 Å². The van der Waals surface area contributed by atoms with Crippen LogP contribution in [0.25, 0.3) is 0 Å². The lowest BCUT2D eigenvalue weighted by atomic mass is 9.85. The van der Waals surface area contributed by atoms with Crippen molar-refractivity contribution in [3.05, 3.63) is 0 Å². The molecule has 104 valence electrons. The Bertz CT molecular complexity index is 279. The van der Waals surface area contributed by atoms with Crippen LogP contribution in [0.2, 0.25) is 0 Å². The summed E-state index contributed by atoms with van der Waals surface area (Å²) in [5.41, 5.74) is 6.14. The molecule has 4 nitrogen and oxygen atoms in total. The van der Waals surface area contributed by atoms with Gasteiger partial charge in [0, 0.05) is 31.6 Å². The number of nitrogens with two attached hydrogens (primary N) is 1. The van der Waals surface area contributed by atoms with E-state index in [1.165, 1.54) is 19.3 Å². The second-order valence-corrected chi connectivity index (χ2v) is 5.74. The molecule has 18 heavy (non-hydrogen) atoms. The lowest BCUT2D eigenvalue weighted by Gasteiger charge is -2.44. The molecule has 0 aromatic carbocycles. The summed E-state index contributed by atoms with van der Waals surface area (Å²) >= 11 is 0. The van der Waals surface area contributed by atoms with Gasteiger partial charge in [-0.05, 0) is 38.5 Å². The maximum absolute atomic E-state index is 11.4. The molecular weight excluding hydrogens is 228 g/mol. The Kier molecular flexibility index (Phi) is 5.01. The van der Waals surface area contributed by atoms with Crippen LogP contribution in [0.15, 0.2) is 0 Å². The number of nitrogens with zero attached hydrogens (tertiary/aromatic N) is 1. The van der Waals surface area contributed by atoms with Crippen molar-refractivity contribution in [1.29, 1.82) is 0 Å². The predicted octanol–water partition coefficient (Wildman–Crippen LogP) is 1.53. The number of rotatable bonds is 5. The van der Waals surface area contributed by atoms with Crippen molar-refractivity contribution in [2.24, 2.45) is 11.7 Å². The first-order chi connectivity index (χ1) is 8.69. The molecule has 0 amide bonds. The van der Waals surface area contributed by atoms with Crippen molar-refractivity contribution in [3.63, 3.8) is 0 Å². The van der Waals surface area contributed by atoms with Gasteiger partial charge in [-0.2, -0.15) is 0 Å². The SMILES string of the molecule is CCOC(=O)CCC1CC(N)CN(C2CCC2)C1. The molecule has 2 rings (SSSR count). The van der Waals surface area contributed by atoms with Crippen LogP contribution < -0.4 is 5.73 Å². The topological polar surface area (TPSA) is 55.6 Å². The van der Waals surface area contributed by atoms with Crippen molar-refractivity contribution < 1.29 is 9.53 Å². The minimum Gasteiger partial charge on any atom is -0.466 e. The zero-order valence-corrected chi connectivity index (χ0v) is 11.4. The molecule has 2 aliphatic rings. The first kappa shape index (κ1) is 13.8. The van der Waals surface area contributed by atoms with Gasteiger partial charge < -0.3 is 10.5 Å². The molecule has 2 fully saturated rings. The molecule has 2 N–H and O–H groups in total. The van der Waals surface area contributed by atoms with Crippen LogP contribution >= 0.6 is 0 Å². The van der Waals surface area contributed by atoms with Crippen molar-refractivity contribution in [3.8, 4) is 0 Å². The number of carbonyl (C=O) groups excluding carboxylic acids is 1. The zero-order chi connectivity index (χ0) is 13.0. The van der Waals surface area contributed by atoms with Crippen LogP contribution in [0.3, 0.4) is 0 Å². The molecule has 0 bridgehead atoms. The Balaban J connectivity index is 1.75. The Labute approximate surface area is 110 Å². The fourth-order valence-electron chi connectivity index (χ4n) is 3.10. The Hall–Kier alpha value is -0.610. The molecule has 1 heterocycles. The molecule has 0 radical (unpaired) electrons. The van der Waals surface area contributed by atoms with E-state index in [1.54, 1.807) is 0 Å². The highest BCUT2D eigenvalue weighted by Crippen LogP contribution is 2.30. The summed E-state index contributed by atoms with van der Waals surface area (Å²) in [5, 5.41) is 0. The van der Waals surface area contributed by atoms with E-state index in [1.807, 2.05) is 6.92 Å². The number of piperidine rings is 1. The van der Waals surface area contributed by atoms with Gasteiger partial charge in [0.1, 0.15) is 0 Å². The van der Waals surface area contributed by atoms with Gasteiger partial charge in [-0.3, -0.25) is 9.69 Å². The summed E-state index contributed by atoms with van der Waals surface area (Å²) in [5.74, 6) is 0.505. The maximum Gasteiger partial charge on any atom is 0.305 e. The average Bonchev–Trinajstić information content (AvgIpc) is 2.24. The summed E-state index contributed by atoms with van der Waals surface area (Å²) in [4.78, 5) is 13.9. The van der Waals surface area contributed by atoms with Gasteiger partial charge in [0.15, 0.2) is 0 Å². The Morgan fingerprint density at radius 3 is 2.78 bits per heavy atom. The van der Waals surface area contributed by atoms with Gasteiger partial charge in [0.25, 0.3) is 0 Å². The van der Waals surface area contributed by atoms with E-state index >= 15 is 0 Å². The predicted molar refractivity (Wildman–Crippen MR) is 71.2 cm³/mol. The van der Waals surface area contributed by atoms with Crippen LogP contribution in [0, 0.1) is 5.92 Å². The molecular formula is C14H26N2O2. The van der Waals surface area contributed by atoms with Gasteiger partial charge >= 0.3 is 5.97 Å². The summed E-state index contributed by atoms with van der Waals surface area (Å²) in [6.07, 6.45) is 6.56. The van der Waals surface area contributed by atoms with E-state index in [9.17, 15) is 4.79 Å². The molecule has 1 aliphatic carbocycles. The number of hydrogen-bond donors (Lipinski definition) is 1. The molecule has 1 saturated carbocycles. The average molecular weight is 254 g/mol. The second-order valence-electron chi connectivity index (χ2n) is 5.74. The first-order valence-electron chi connectivity index (χ1n) is 7.34. The monoisotopic (exact) mass is 254 g/mol. The van der Waals surface area contributed by atoms with Gasteiger partial charge in [0.2, 0.25) is 0 Å². The van der Waals surface area contributed by atoms with Gasteiger partial charge in [-0.15, -0.1) is 0 Å². The van der Waals surface area contributed by atoms with Crippen LogP contribution in [0.5, 0.6) is 0 Å². The summed E-state index contributed by atoms with van der Waals surface area (Å²) in [7, 11) is 0. The van der Waals surface area contributed by atoms with Crippen LogP contribution in [0.1, 0.15) is 45.4 Å².